The summed E-state index contributed by atoms with van der Waals surface area (Å²) in [6, 6.07) is 14.2. The number of ether oxygens (including phenoxy) is 1. The molecule has 3 rings (SSSR count). The zero-order chi connectivity index (χ0) is 26.0. The molecule has 0 aromatic heterocycles. The fourth-order valence-electron chi connectivity index (χ4n) is 3.19. The van der Waals surface area contributed by atoms with Crippen LogP contribution in [0, 0.1) is 0 Å². The largest absolute Gasteiger partial charge is 0.496 e. The van der Waals surface area contributed by atoms with Gasteiger partial charge in [-0.05, 0) is 30.3 Å². The number of aliphatic carboxylic acids is 1. The van der Waals surface area contributed by atoms with Crippen LogP contribution in [0.5, 0.6) is 5.75 Å². The molecule has 2 aromatic carbocycles. The second kappa shape index (κ2) is 13.0. The first-order chi connectivity index (χ1) is 16.5. The van der Waals surface area contributed by atoms with Gasteiger partial charge >= 0.3 is 12.1 Å². The van der Waals surface area contributed by atoms with Gasteiger partial charge < -0.3 is 25.0 Å². The van der Waals surface area contributed by atoms with Gasteiger partial charge in [0.25, 0.3) is 5.91 Å². The highest BCUT2D eigenvalue weighted by Crippen LogP contribution is 2.21. The number of carbonyl (C=O) groups excluding carboxylic acids is 2. The number of hydrogen-bond acceptors (Lipinski definition) is 5. The van der Waals surface area contributed by atoms with Crippen LogP contribution in [0.25, 0.3) is 0 Å². The lowest BCUT2D eigenvalue weighted by Gasteiger charge is -2.30. The second-order valence-electron chi connectivity index (χ2n) is 7.41. The second-order valence-corrected chi connectivity index (χ2v) is 7.85. The Kier molecular flexibility index (Phi) is 10.3. The fourth-order valence-corrected chi connectivity index (χ4v) is 3.32. The smallest absolute Gasteiger partial charge is 0.490 e. The van der Waals surface area contributed by atoms with E-state index >= 15 is 0 Å². The van der Waals surface area contributed by atoms with Crippen LogP contribution in [0.2, 0.25) is 5.02 Å². The van der Waals surface area contributed by atoms with Crippen molar-refractivity contribution >= 4 is 29.4 Å². The predicted molar refractivity (Wildman–Crippen MR) is 122 cm³/mol. The summed E-state index contributed by atoms with van der Waals surface area (Å²) < 4.78 is 37.1. The molecule has 0 radical (unpaired) electrons. The summed E-state index contributed by atoms with van der Waals surface area (Å²) >= 11 is 5.94. The lowest BCUT2D eigenvalue weighted by atomic mass is 10.1. The summed E-state index contributed by atoms with van der Waals surface area (Å²) in [6.45, 7) is 3.13. The third-order valence-electron chi connectivity index (χ3n) is 4.97. The van der Waals surface area contributed by atoms with Gasteiger partial charge in [-0.1, -0.05) is 29.8 Å². The molecule has 0 saturated carbocycles. The summed E-state index contributed by atoms with van der Waals surface area (Å²) in [7, 11) is 1.59. The summed E-state index contributed by atoms with van der Waals surface area (Å²) in [5.41, 5.74) is 1.34. The van der Waals surface area contributed by atoms with Gasteiger partial charge in [-0.15, -0.1) is 0 Å². The van der Waals surface area contributed by atoms with Crippen LogP contribution in [0.3, 0.4) is 0 Å². The van der Waals surface area contributed by atoms with Gasteiger partial charge in [0.05, 0.1) is 13.7 Å². The number of nitrogens with zero attached hydrogens (tertiary/aromatic N) is 2. The molecular formula is C23H25ClF3N3O5. The SMILES string of the molecule is COc1ccccc1CN(CC(=O)N1CCNCC1)C(=O)c1ccc(Cl)cc1.O=C(O)C(F)(F)F. The van der Waals surface area contributed by atoms with E-state index in [2.05, 4.69) is 5.32 Å². The molecule has 1 saturated heterocycles. The molecule has 0 atom stereocenters. The first-order valence-corrected chi connectivity index (χ1v) is 10.9. The number of carbonyl (C=O) groups is 3. The van der Waals surface area contributed by atoms with E-state index in [-0.39, 0.29) is 24.9 Å². The standard InChI is InChI=1S/C21H24ClN3O3.C2HF3O2/c1-28-19-5-3-2-4-17(19)14-25(15-20(26)24-12-10-23-11-13-24)21(27)16-6-8-18(22)9-7-16;3-2(4,5)1(6)7/h2-9,23H,10-15H2,1H3;(H,6,7). The number of carboxylic acid groups (broad SMARTS) is 1. The van der Waals surface area contributed by atoms with Crippen LogP contribution in [0.15, 0.2) is 48.5 Å². The van der Waals surface area contributed by atoms with E-state index in [1.54, 1.807) is 41.2 Å². The van der Waals surface area contributed by atoms with Crippen molar-refractivity contribution in [2.45, 2.75) is 12.7 Å². The minimum Gasteiger partial charge on any atom is -0.496 e. The number of para-hydroxylation sites is 1. The van der Waals surface area contributed by atoms with Crippen molar-refractivity contribution in [3.63, 3.8) is 0 Å². The third kappa shape index (κ3) is 8.76. The number of alkyl halides is 3. The van der Waals surface area contributed by atoms with Crippen LogP contribution in [-0.2, 0) is 16.1 Å². The van der Waals surface area contributed by atoms with Crippen molar-refractivity contribution in [2.75, 3.05) is 39.8 Å². The molecule has 0 aliphatic carbocycles. The predicted octanol–water partition coefficient (Wildman–Crippen LogP) is 3.06. The molecule has 35 heavy (non-hydrogen) atoms. The van der Waals surface area contributed by atoms with Crippen molar-refractivity contribution in [1.82, 2.24) is 15.1 Å². The third-order valence-corrected chi connectivity index (χ3v) is 5.22. The minimum absolute atomic E-state index is 0.0134. The summed E-state index contributed by atoms with van der Waals surface area (Å²) in [4.78, 5) is 38.2. The van der Waals surface area contributed by atoms with E-state index < -0.39 is 12.1 Å². The van der Waals surface area contributed by atoms with E-state index in [0.717, 1.165) is 18.7 Å². The molecule has 0 unspecified atom stereocenters. The van der Waals surface area contributed by atoms with Gasteiger partial charge in [-0.3, -0.25) is 9.59 Å². The van der Waals surface area contributed by atoms with Crippen LogP contribution < -0.4 is 10.1 Å². The molecule has 1 aliphatic heterocycles. The number of benzene rings is 2. The average molecular weight is 516 g/mol. The fraction of sp³-hybridized carbons (Fsp3) is 0.348. The van der Waals surface area contributed by atoms with Gasteiger partial charge in [-0.25, -0.2) is 4.79 Å². The van der Waals surface area contributed by atoms with Crippen LogP contribution in [0.1, 0.15) is 15.9 Å². The van der Waals surface area contributed by atoms with E-state index in [0.29, 0.717) is 29.4 Å². The van der Waals surface area contributed by atoms with Crippen LogP contribution in [0.4, 0.5) is 13.2 Å². The Morgan fingerprint density at radius 3 is 2.20 bits per heavy atom. The summed E-state index contributed by atoms with van der Waals surface area (Å²) in [5.74, 6) is -2.34. The van der Waals surface area contributed by atoms with E-state index in [1.165, 1.54) is 0 Å². The summed E-state index contributed by atoms with van der Waals surface area (Å²) in [5, 5.41) is 10.9. The maximum Gasteiger partial charge on any atom is 0.490 e. The molecule has 2 aromatic rings. The van der Waals surface area contributed by atoms with Gasteiger partial charge in [-0.2, -0.15) is 13.2 Å². The average Bonchev–Trinajstić information content (AvgIpc) is 2.84. The number of nitrogens with one attached hydrogen (secondary N) is 1. The lowest BCUT2D eigenvalue weighted by molar-refractivity contribution is -0.192. The number of hydrogen-bond donors (Lipinski definition) is 2. The topological polar surface area (TPSA) is 99.2 Å². The zero-order valence-electron chi connectivity index (χ0n) is 18.8. The van der Waals surface area contributed by atoms with Crippen molar-refractivity contribution in [2.24, 2.45) is 0 Å². The Morgan fingerprint density at radius 2 is 1.66 bits per heavy atom. The first-order valence-electron chi connectivity index (χ1n) is 10.5. The highest BCUT2D eigenvalue weighted by Gasteiger charge is 2.38. The normalized spacial score (nSPS) is 13.3. The molecule has 0 spiro atoms. The number of rotatable bonds is 6. The Hall–Kier alpha value is -3.31. The van der Waals surface area contributed by atoms with E-state index in [4.69, 9.17) is 26.2 Å². The highest BCUT2D eigenvalue weighted by atomic mass is 35.5. The van der Waals surface area contributed by atoms with Gasteiger partial charge in [0.15, 0.2) is 0 Å². The molecule has 2 amide bonds. The molecule has 12 heteroatoms. The number of carboxylic acids is 1. The van der Waals surface area contributed by atoms with Gasteiger partial charge in [0, 0.05) is 42.3 Å². The molecule has 1 heterocycles. The monoisotopic (exact) mass is 515 g/mol. The van der Waals surface area contributed by atoms with Gasteiger partial charge in [0.1, 0.15) is 12.3 Å². The number of amides is 2. The Balaban J connectivity index is 0.000000540. The van der Waals surface area contributed by atoms with Crippen molar-refractivity contribution in [3.8, 4) is 5.75 Å². The molecule has 190 valence electrons. The van der Waals surface area contributed by atoms with Crippen molar-refractivity contribution in [3.05, 3.63) is 64.7 Å². The van der Waals surface area contributed by atoms with E-state index in [1.807, 2.05) is 24.3 Å². The molecule has 1 fully saturated rings. The molecule has 1 aliphatic rings. The lowest BCUT2D eigenvalue weighted by Crippen LogP contribution is -2.50. The van der Waals surface area contributed by atoms with Crippen LogP contribution in [-0.4, -0.2) is 78.7 Å². The van der Waals surface area contributed by atoms with Crippen molar-refractivity contribution in [1.29, 1.82) is 0 Å². The number of methoxy groups -OCH3 is 1. The number of piperazine rings is 1. The zero-order valence-corrected chi connectivity index (χ0v) is 19.6. The maximum absolute atomic E-state index is 13.1. The van der Waals surface area contributed by atoms with Crippen LogP contribution >= 0.6 is 11.6 Å². The van der Waals surface area contributed by atoms with Gasteiger partial charge in [0.2, 0.25) is 5.91 Å². The molecular weight excluding hydrogens is 491 g/mol. The quantitative estimate of drug-likeness (QED) is 0.613. The molecule has 2 N–H and O–H groups in total. The van der Waals surface area contributed by atoms with Crippen molar-refractivity contribution < 1.29 is 37.4 Å². The maximum atomic E-state index is 13.1. The Bertz CT molecular complexity index is 1010. The Labute approximate surface area is 205 Å². The minimum atomic E-state index is -5.08. The Morgan fingerprint density at radius 1 is 1.09 bits per heavy atom. The van der Waals surface area contributed by atoms with E-state index in [9.17, 15) is 22.8 Å². The highest BCUT2D eigenvalue weighted by molar-refractivity contribution is 6.30. The first kappa shape index (κ1) is 27.9. The molecule has 0 bridgehead atoms. The number of halogens is 4. The molecule has 8 nitrogen and oxygen atoms in total. The summed E-state index contributed by atoms with van der Waals surface area (Å²) in [6.07, 6.45) is -5.08.